The maximum absolute atomic E-state index is 7.89. The van der Waals surface area contributed by atoms with Crippen molar-refractivity contribution in [2.24, 2.45) is 0 Å². The summed E-state index contributed by atoms with van der Waals surface area (Å²) < 4.78 is 18.1. The fraction of sp³-hybridized carbons (Fsp3) is 0. The van der Waals surface area contributed by atoms with E-state index in [9.17, 15) is 0 Å². The molecule has 0 unspecified atom stereocenters. The van der Waals surface area contributed by atoms with E-state index in [2.05, 4.69) is 107 Å². The molecule has 38 heavy (non-hydrogen) atoms. The van der Waals surface area contributed by atoms with Gasteiger partial charge in [-0.3, -0.25) is 0 Å². The zero-order valence-electron chi connectivity index (χ0n) is 22.8. The predicted octanol–water partition coefficient (Wildman–Crippen LogP) is 9.92. The van der Waals surface area contributed by atoms with Gasteiger partial charge in [-0.2, -0.15) is 0 Å². The van der Waals surface area contributed by atoms with Crippen LogP contribution in [0.2, 0.25) is 0 Å². The van der Waals surface area contributed by atoms with Crippen LogP contribution in [0.3, 0.4) is 0 Å². The van der Waals surface area contributed by atoms with Gasteiger partial charge in [-0.15, -0.1) is 0 Å². The summed E-state index contributed by atoms with van der Waals surface area (Å²) in [4.78, 5) is 2.15. The smallest absolute Gasteiger partial charge is 0.0623 e. The molecule has 0 saturated carbocycles. The van der Waals surface area contributed by atoms with Crippen LogP contribution in [0.15, 0.2) is 158 Å². The molecule has 0 atom stereocenters. The highest BCUT2D eigenvalue weighted by Gasteiger charge is 2.13. The van der Waals surface area contributed by atoms with Crippen molar-refractivity contribution >= 4 is 38.9 Å². The van der Waals surface area contributed by atoms with Crippen LogP contribution in [-0.2, 0) is 0 Å². The van der Waals surface area contributed by atoms with Crippen LogP contribution >= 0.6 is 0 Å². The first-order valence-corrected chi connectivity index (χ1v) is 12.8. The Labute approximate surface area is 225 Å². The largest absolute Gasteiger partial charge is 0.311 e. The highest BCUT2D eigenvalue weighted by atomic mass is 15.1. The van der Waals surface area contributed by atoms with E-state index in [0.717, 1.165) is 33.9 Å². The highest BCUT2D eigenvalue weighted by Crippen LogP contribution is 2.36. The summed E-state index contributed by atoms with van der Waals surface area (Å²) >= 11 is 0. The number of nitrogens with zero attached hydrogens (tertiary/aromatic N) is 2. The molecule has 0 aliphatic carbocycles. The number of hydrogen-bond acceptors (Lipinski definition) is 1. The quantitative estimate of drug-likeness (QED) is 0.233. The second kappa shape index (κ2) is 9.42. The second-order valence-corrected chi connectivity index (χ2v) is 9.32. The van der Waals surface area contributed by atoms with Crippen LogP contribution < -0.4 is 4.90 Å². The van der Waals surface area contributed by atoms with Crippen molar-refractivity contribution in [3.8, 4) is 16.8 Å². The third kappa shape index (κ3) is 3.84. The Bertz CT molecular complexity index is 1840. The number of aromatic nitrogens is 1. The lowest BCUT2D eigenvalue weighted by Gasteiger charge is -2.25. The average Bonchev–Trinajstić information content (AvgIpc) is 3.34. The molecule has 2 heteroatoms. The van der Waals surface area contributed by atoms with Crippen molar-refractivity contribution in [3.63, 3.8) is 0 Å². The van der Waals surface area contributed by atoms with Gasteiger partial charge in [0, 0.05) is 33.5 Å². The van der Waals surface area contributed by atoms with Gasteiger partial charge in [0.15, 0.2) is 0 Å². The van der Waals surface area contributed by atoms with Crippen LogP contribution in [-0.4, -0.2) is 4.57 Å². The van der Waals surface area contributed by atoms with Crippen molar-refractivity contribution < 1.29 is 2.74 Å². The lowest BCUT2D eigenvalue weighted by atomic mass is 10.0. The van der Waals surface area contributed by atoms with E-state index in [-0.39, 0.29) is 0 Å². The van der Waals surface area contributed by atoms with Crippen LogP contribution in [0.1, 0.15) is 2.74 Å². The van der Waals surface area contributed by atoms with Gasteiger partial charge >= 0.3 is 0 Å². The first kappa shape index (κ1) is 20.0. The molecule has 0 bridgehead atoms. The van der Waals surface area contributed by atoms with E-state index in [4.69, 9.17) is 2.74 Å². The number of para-hydroxylation sites is 4. The van der Waals surface area contributed by atoms with Gasteiger partial charge in [0.1, 0.15) is 0 Å². The molecule has 0 aliphatic heterocycles. The van der Waals surface area contributed by atoms with Crippen molar-refractivity contribution in [2.75, 3.05) is 4.90 Å². The minimum Gasteiger partial charge on any atom is -0.311 e. The number of fused-ring (bicyclic) bond motifs is 3. The first-order valence-electron chi connectivity index (χ1n) is 13.8. The fourth-order valence-electron chi connectivity index (χ4n) is 5.31. The zero-order chi connectivity index (χ0) is 27.1. The van der Waals surface area contributed by atoms with E-state index in [1.54, 1.807) is 24.3 Å². The van der Waals surface area contributed by atoms with Gasteiger partial charge in [-0.1, -0.05) is 97.0 Å². The van der Waals surface area contributed by atoms with E-state index in [1.807, 2.05) is 24.3 Å². The van der Waals surface area contributed by atoms with Crippen molar-refractivity contribution in [1.29, 1.82) is 0 Å². The molecule has 1 heterocycles. The molecule has 0 fully saturated rings. The van der Waals surface area contributed by atoms with Crippen molar-refractivity contribution in [2.45, 2.75) is 0 Å². The normalized spacial score (nSPS) is 11.9. The van der Waals surface area contributed by atoms with E-state index < -0.39 is 0 Å². The number of rotatable bonds is 5. The van der Waals surface area contributed by atoms with Crippen LogP contribution in [0.25, 0.3) is 38.6 Å². The first-order chi connectivity index (χ1) is 19.7. The molecule has 0 saturated heterocycles. The van der Waals surface area contributed by atoms with Crippen LogP contribution in [0.5, 0.6) is 0 Å². The molecule has 7 rings (SSSR count). The molecule has 0 N–H and O–H groups in total. The van der Waals surface area contributed by atoms with Crippen molar-refractivity contribution in [1.82, 2.24) is 4.57 Å². The summed E-state index contributed by atoms with van der Waals surface area (Å²) in [5, 5.41) is 2.52. The van der Waals surface area contributed by atoms with E-state index in [0.29, 0.717) is 12.1 Å². The molecular weight excluding hydrogens is 460 g/mol. The second-order valence-electron chi connectivity index (χ2n) is 9.32. The van der Waals surface area contributed by atoms with E-state index in [1.165, 1.54) is 21.8 Å². The number of anilines is 3. The minimum atomic E-state index is 0.477. The molecule has 1 aromatic heterocycles. The molecule has 7 aromatic rings. The van der Waals surface area contributed by atoms with Crippen LogP contribution in [0.4, 0.5) is 17.1 Å². The number of hydrogen-bond donors (Lipinski definition) is 0. The Balaban J connectivity index is 1.24. The topological polar surface area (TPSA) is 8.17 Å². The van der Waals surface area contributed by atoms with Gasteiger partial charge in [-0.25, -0.2) is 0 Å². The lowest BCUT2D eigenvalue weighted by Crippen LogP contribution is -2.09. The standard InChI is InChI=1S/C36H26N2/c1-3-11-29(12-4-1)37(30-13-5-2-6-14-30)31-23-19-27(20-24-31)28-21-25-32(26-22-28)38-35-17-9-7-15-33(35)34-16-8-10-18-36(34)38/h1-26H/i1T,2T. The summed E-state index contributed by atoms with van der Waals surface area (Å²) in [6, 6.07) is 50.4. The number of benzene rings is 6. The maximum atomic E-state index is 7.89. The Morgan fingerprint density at radius 1 is 0.421 bits per heavy atom. The SMILES string of the molecule is [3H]c1ccc(N(c2ccc([3H])cc2)c2ccc(-c3ccc(-n4c5ccccc5c5ccccc54)cc3)cc2)cc1. The average molecular weight is 491 g/mol. The summed E-state index contributed by atoms with van der Waals surface area (Å²) in [6.07, 6.45) is 0. The van der Waals surface area contributed by atoms with E-state index >= 15 is 0 Å². The molecule has 0 amide bonds. The Kier molecular flexibility index (Phi) is 4.97. The zero-order valence-corrected chi connectivity index (χ0v) is 20.8. The summed E-state index contributed by atoms with van der Waals surface area (Å²) in [7, 11) is 0. The molecular formula is C36H26N2. The lowest BCUT2D eigenvalue weighted by molar-refractivity contribution is 1.18. The van der Waals surface area contributed by atoms with Crippen molar-refractivity contribution in [3.05, 3.63) is 158 Å². The predicted molar refractivity (Wildman–Crippen MR) is 161 cm³/mol. The Hall–Kier alpha value is -5.08. The summed E-state index contributed by atoms with van der Waals surface area (Å²) in [6.45, 7) is 0. The fourth-order valence-corrected chi connectivity index (χ4v) is 5.31. The minimum absolute atomic E-state index is 0.477. The monoisotopic (exact) mass is 490 g/mol. The highest BCUT2D eigenvalue weighted by molar-refractivity contribution is 6.09. The molecule has 180 valence electrons. The van der Waals surface area contributed by atoms with Gasteiger partial charge in [0.25, 0.3) is 0 Å². The van der Waals surface area contributed by atoms with Gasteiger partial charge in [0.05, 0.1) is 13.8 Å². The molecule has 0 radical (unpaired) electrons. The molecule has 2 nitrogen and oxygen atoms in total. The molecule has 6 aromatic carbocycles. The summed E-state index contributed by atoms with van der Waals surface area (Å²) in [5.41, 5.74) is 8.80. The molecule has 0 spiro atoms. The molecule has 0 aliphatic rings. The van der Waals surface area contributed by atoms with Gasteiger partial charge < -0.3 is 9.47 Å². The van der Waals surface area contributed by atoms with Gasteiger partial charge in [0.2, 0.25) is 0 Å². The Morgan fingerprint density at radius 3 is 1.34 bits per heavy atom. The third-order valence-corrected chi connectivity index (χ3v) is 7.08. The van der Waals surface area contributed by atoms with Gasteiger partial charge in [-0.05, 0) is 71.8 Å². The third-order valence-electron chi connectivity index (χ3n) is 7.08. The Morgan fingerprint density at radius 2 is 0.842 bits per heavy atom. The van der Waals surface area contributed by atoms with Crippen LogP contribution in [0, 0.1) is 0 Å². The maximum Gasteiger partial charge on any atom is 0.0623 e. The summed E-state index contributed by atoms with van der Waals surface area (Å²) in [5.74, 6) is 0.